The van der Waals surface area contributed by atoms with Gasteiger partial charge in [0.2, 0.25) is 0 Å². The van der Waals surface area contributed by atoms with Crippen molar-refractivity contribution in [2.45, 2.75) is 6.18 Å². The van der Waals surface area contributed by atoms with E-state index in [9.17, 15) is 22.8 Å². The standard InChI is InChI=1S/C9H8F3NO4S/c1-16-7(14)6-5(2-3-18-6)13-8(15)17-4-9(10,11)12/h2-3H,4H2,1H3,(H,13,15). The molecule has 1 aromatic heterocycles. The first-order valence-corrected chi connectivity index (χ1v) is 5.38. The zero-order chi connectivity index (χ0) is 13.8. The summed E-state index contributed by atoms with van der Waals surface area (Å²) in [5.41, 5.74) is 0.0408. The number of ether oxygens (including phenoxy) is 2. The summed E-state index contributed by atoms with van der Waals surface area (Å²) in [6.45, 7) is -1.70. The number of rotatable bonds is 3. The number of esters is 1. The van der Waals surface area contributed by atoms with Crippen molar-refractivity contribution in [2.24, 2.45) is 0 Å². The third-order valence-electron chi connectivity index (χ3n) is 1.64. The Morgan fingerprint density at radius 1 is 1.44 bits per heavy atom. The fourth-order valence-corrected chi connectivity index (χ4v) is 1.72. The van der Waals surface area contributed by atoms with E-state index in [4.69, 9.17) is 0 Å². The van der Waals surface area contributed by atoms with Crippen LogP contribution in [0.25, 0.3) is 0 Å². The van der Waals surface area contributed by atoms with Crippen LogP contribution in [0.2, 0.25) is 0 Å². The van der Waals surface area contributed by atoms with Crippen LogP contribution >= 0.6 is 11.3 Å². The predicted octanol–water partition coefficient (Wildman–Crippen LogP) is 2.65. The average molecular weight is 283 g/mol. The number of anilines is 1. The van der Waals surface area contributed by atoms with Crippen molar-refractivity contribution in [3.63, 3.8) is 0 Å². The molecule has 100 valence electrons. The van der Waals surface area contributed by atoms with Gasteiger partial charge in [-0.15, -0.1) is 11.3 Å². The van der Waals surface area contributed by atoms with Crippen LogP contribution in [-0.4, -0.2) is 32.0 Å². The van der Waals surface area contributed by atoms with Gasteiger partial charge >= 0.3 is 18.2 Å². The summed E-state index contributed by atoms with van der Waals surface area (Å²) in [4.78, 5) is 22.3. The predicted molar refractivity (Wildman–Crippen MR) is 56.7 cm³/mol. The van der Waals surface area contributed by atoms with E-state index >= 15 is 0 Å². The summed E-state index contributed by atoms with van der Waals surface area (Å²) in [5.74, 6) is -0.698. The van der Waals surface area contributed by atoms with Gasteiger partial charge < -0.3 is 9.47 Å². The Bertz CT molecular complexity index is 443. The number of amides is 1. The molecule has 0 radical (unpaired) electrons. The summed E-state index contributed by atoms with van der Waals surface area (Å²) in [6, 6.07) is 1.35. The number of hydrogen-bond donors (Lipinski definition) is 1. The topological polar surface area (TPSA) is 64.6 Å². The number of carbonyl (C=O) groups is 2. The van der Waals surface area contributed by atoms with Crippen molar-refractivity contribution in [1.82, 2.24) is 0 Å². The quantitative estimate of drug-likeness (QED) is 0.866. The second kappa shape index (κ2) is 5.71. The number of nitrogens with one attached hydrogen (secondary N) is 1. The number of hydrogen-bond acceptors (Lipinski definition) is 5. The zero-order valence-corrected chi connectivity index (χ0v) is 9.85. The smallest absolute Gasteiger partial charge is 0.422 e. The van der Waals surface area contributed by atoms with E-state index in [0.717, 1.165) is 18.4 Å². The highest BCUT2D eigenvalue weighted by Gasteiger charge is 2.29. The molecule has 0 fully saturated rings. The number of carbonyl (C=O) groups excluding carboxylic acids is 2. The molecule has 0 aromatic carbocycles. The molecule has 0 spiro atoms. The van der Waals surface area contributed by atoms with Gasteiger partial charge in [-0.3, -0.25) is 5.32 Å². The number of alkyl halides is 3. The molecule has 1 rings (SSSR count). The summed E-state index contributed by atoms with van der Waals surface area (Å²) < 4.78 is 43.7. The SMILES string of the molecule is COC(=O)c1sccc1NC(=O)OCC(F)(F)F. The minimum absolute atomic E-state index is 0.0408. The van der Waals surface area contributed by atoms with E-state index in [1.807, 2.05) is 5.32 Å². The molecular formula is C9H8F3NO4S. The van der Waals surface area contributed by atoms with Gasteiger partial charge in [0.25, 0.3) is 0 Å². The fourth-order valence-electron chi connectivity index (χ4n) is 0.952. The maximum atomic E-state index is 11.8. The van der Waals surface area contributed by atoms with Crippen LogP contribution in [0.1, 0.15) is 9.67 Å². The van der Waals surface area contributed by atoms with Crippen LogP contribution in [0.3, 0.4) is 0 Å². The molecule has 0 saturated heterocycles. The van der Waals surface area contributed by atoms with Gasteiger partial charge in [-0.25, -0.2) is 9.59 Å². The van der Waals surface area contributed by atoms with Gasteiger partial charge in [-0.05, 0) is 11.4 Å². The van der Waals surface area contributed by atoms with Crippen LogP contribution in [0.5, 0.6) is 0 Å². The van der Waals surface area contributed by atoms with Crippen LogP contribution in [-0.2, 0) is 9.47 Å². The monoisotopic (exact) mass is 283 g/mol. The van der Waals surface area contributed by atoms with Crippen molar-refractivity contribution in [2.75, 3.05) is 19.0 Å². The van der Waals surface area contributed by atoms with Crippen LogP contribution in [0.4, 0.5) is 23.7 Å². The van der Waals surface area contributed by atoms with Gasteiger partial charge in [0, 0.05) is 0 Å². The lowest BCUT2D eigenvalue weighted by molar-refractivity contribution is -0.159. The molecule has 0 bridgehead atoms. The van der Waals surface area contributed by atoms with Gasteiger partial charge in [0.1, 0.15) is 4.88 Å². The molecule has 0 unspecified atom stereocenters. The Kier molecular flexibility index (Phi) is 4.54. The van der Waals surface area contributed by atoms with Gasteiger partial charge in [-0.2, -0.15) is 13.2 Å². The summed E-state index contributed by atoms with van der Waals surface area (Å²) in [5, 5.41) is 3.50. The highest BCUT2D eigenvalue weighted by atomic mass is 32.1. The van der Waals surface area contributed by atoms with Crippen molar-refractivity contribution >= 4 is 29.1 Å². The molecule has 0 aliphatic carbocycles. The fraction of sp³-hybridized carbons (Fsp3) is 0.333. The molecule has 0 atom stereocenters. The van der Waals surface area contributed by atoms with E-state index in [1.54, 1.807) is 0 Å². The summed E-state index contributed by atoms with van der Waals surface area (Å²) in [7, 11) is 1.15. The first-order valence-electron chi connectivity index (χ1n) is 4.50. The molecule has 0 saturated carbocycles. The molecule has 1 amide bonds. The lowest BCUT2D eigenvalue weighted by atomic mass is 10.4. The van der Waals surface area contributed by atoms with E-state index < -0.39 is 24.8 Å². The molecule has 9 heteroatoms. The maximum Gasteiger partial charge on any atom is 0.422 e. The third-order valence-corrected chi connectivity index (χ3v) is 2.53. The second-order valence-corrected chi connectivity index (χ2v) is 3.89. The highest BCUT2D eigenvalue weighted by molar-refractivity contribution is 7.12. The zero-order valence-electron chi connectivity index (χ0n) is 9.04. The largest absolute Gasteiger partial charge is 0.465 e. The third kappa shape index (κ3) is 4.24. The molecule has 0 aliphatic heterocycles. The van der Waals surface area contributed by atoms with Crippen LogP contribution in [0.15, 0.2) is 11.4 Å². The van der Waals surface area contributed by atoms with E-state index in [0.29, 0.717) is 0 Å². The van der Waals surface area contributed by atoms with Gasteiger partial charge in [0.15, 0.2) is 6.61 Å². The molecule has 5 nitrogen and oxygen atoms in total. The van der Waals surface area contributed by atoms with Crippen molar-refractivity contribution in [3.05, 3.63) is 16.3 Å². The van der Waals surface area contributed by atoms with Crippen molar-refractivity contribution in [1.29, 1.82) is 0 Å². The molecule has 0 aliphatic rings. The highest BCUT2D eigenvalue weighted by Crippen LogP contribution is 2.23. The lowest BCUT2D eigenvalue weighted by Gasteiger charge is -2.09. The van der Waals surface area contributed by atoms with Crippen LogP contribution in [0, 0.1) is 0 Å². The first-order chi connectivity index (χ1) is 8.33. The Labute approximate surface area is 103 Å². The molecule has 1 aromatic rings. The minimum atomic E-state index is -4.60. The Balaban J connectivity index is 2.60. The van der Waals surface area contributed by atoms with E-state index in [-0.39, 0.29) is 10.6 Å². The molecule has 1 N–H and O–H groups in total. The van der Waals surface area contributed by atoms with Crippen LogP contribution < -0.4 is 5.32 Å². The normalized spacial score (nSPS) is 10.9. The van der Waals surface area contributed by atoms with Gasteiger partial charge in [0.05, 0.1) is 12.8 Å². The van der Waals surface area contributed by atoms with E-state index in [2.05, 4.69) is 9.47 Å². The minimum Gasteiger partial charge on any atom is -0.465 e. The summed E-state index contributed by atoms with van der Waals surface area (Å²) in [6.07, 6.45) is -5.90. The maximum absolute atomic E-state index is 11.8. The number of thiophene rings is 1. The molecule has 18 heavy (non-hydrogen) atoms. The molecular weight excluding hydrogens is 275 g/mol. The van der Waals surface area contributed by atoms with E-state index in [1.165, 1.54) is 11.4 Å². The Morgan fingerprint density at radius 3 is 2.67 bits per heavy atom. The van der Waals surface area contributed by atoms with Gasteiger partial charge in [-0.1, -0.05) is 0 Å². The second-order valence-electron chi connectivity index (χ2n) is 2.97. The van der Waals surface area contributed by atoms with Crippen molar-refractivity contribution < 1.29 is 32.2 Å². The Morgan fingerprint density at radius 2 is 2.11 bits per heavy atom. The first kappa shape index (κ1) is 14.3. The molecule has 1 heterocycles. The van der Waals surface area contributed by atoms with Crippen molar-refractivity contribution in [3.8, 4) is 0 Å². The average Bonchev–Trinajstić information content (AvgIpc) is 2.72. The number of halogens is 3. The summed E-state index contributed by atoms with van der Waals surface area (Å²) >= 11 is 0.981. The number of methoxy groups -OCH3 is 1. The lowest BCUT2D eigenvalue weighted by Crippen LogP contribution is -2.23. The Hall–Kier alpha value is -1.77.